The number of carbonyl (C=O) groups is 1. The average molecular weight is 479 g/mol. The molecule has 34 heavy (non-hydrogen) atoms. The number of rotatable bonds is 9. The van der Waals surface area contributed by atoms with Crippen LogP contribution in [0, 0.1) is 6.92 Å². The summed E-state index contributed by atoms with van der Waals surface area (Å²) in [4.78, 5) is 19.2. The number of nitrogens with one attached hydrogen (secondary N) is 1. The number of hydrogen-bond donors (Lipinski definition) is 1. The van der Waals surface area contributed by atoms with Crippen molar-refractivity contribution < 1.29 is 19.0 Å². The molecular weight excluding hydrogens is 452 g/mol. The van der Waals surface area contributed by atoms with Gasteiger partial charge in [0, 0.05) is 30.6 Å². The van der Waals surface area contributed by atoms with Gasteiger partial charge in [0.2, 0.25) is 0 Å². The molecule has 3 heterocycles. The van der Waals surface area contributed by atoms with E-state index in [4.69, 9.17) is 14.2 Å². The van der Waals surface area contributed by atoms with Gasteiger partial charge in [-0.1, -0.05) is 0 Å². The Morgan fingerprint density at radius 2 is 2.00 bits per heavy atom. The molecule has 0 aliphatic rings. The van der Waals surface area contributed by atoms with E-state index >= 15 is 0 Å². The highest BCUT2D eigenvalue weighted by atomic mass is 32.1. The first kappa shape index (κ1) is 23.5. The van der Waals surface area contributed by atoms with E-state index in [1.54, 1.807) is 26.5 Å². The molecule has 0 atom stereocenters. The number of aromatic nitrogens is 2. The van der Waals surface area contributed by atoms with Crippen molar-refractivity contribution in [2.75, 3.05) is 20.8 Å². The maximum Gasteiger partial charge on any atom is 0.283 e. The van der Waals surface area contributed by atoms with Crippen molar-refractivity contribution in [2.24, 2.45) is 5.10 Å². The third kappa shape index (κ3) is 4.80. The van der Waals surface area contributed by atoms with Crippen LogP contribution >= 0.6 is 11.3 Å². The van der Waals surface area contributed by atoms with Gasteiger partial charge in [0.25, 0.3) is 5.91 Å². The lowest BCUT2D eigenvalue weighted by Crippen LogP contribution is -2.18. The number of thiophene rings is 1. The maximum absolute atomic E-state index is 13.2. The second kappa shape index (κ2) is 10.5. The minimum atomic E-state index is -0.317. The Morgan fingerprint density at radius 3 is 2.71 bits per heavy atom. The molecule has 1 N–H and O–H groups in total. The molecule has 4 rings (SSSR count). The fraction of sp³-hybridized carbons (Fsp3) is 0.240. The highest BCUT2D eigenvalue weighted by Gasteiger charge is 2.23. The monoisotopic (exact) mass is 478 g/mol. The van der Waals surface area contributed by atoms with Crippen LogP contribution in [0.2, 0.25) is 0 Å². The number of ether oxygens (including phenoxy) is 3. The summed E-state index contributed by atoms with van der Waals surface area (Å²) in [5.74, 6) is 0.939. The molecule has 0 unspecified atom stereocenters. The molecule has 176 valence electrons. The molecule has 0 aliphatic carbocycles. The van der Waals surface area contributed by atoms with Crippen LogP contribution in [-0.4, -0.2) is 42.5 Å². The minimum Gasteiger partial charge on any atom is -0.493 e. The minimum absolute atomic E-state index is 0.317. The van der Waals surface area contributed by atoms with Crippen LogP contribution in [0.4, 0.5) is 0 Å². The summed E-state index contributed by atoms with van der Waals surface area (Å²) in [5, 5.41) is 5.08. The smallest absolute Gasteiger partial charge is 0.283 e. The second-order valence-corrected chi connectivity index (χ2v) is 8.45. The number of benzene rings is 1. The van der Waals surface area contributed by atoms with Crippen molar-refractivity contribution in [3.05, 3.63) is 70.5 Å². The Labute approximate surface area is 201 Å². The molecule has 3 aromatic heterocycles. The molecule has 1 amide bonds. The van der Waals surface area contributed by atoms with Crippen LogP contribution in [0.3, 0.4) is 0 Å². The van der Waals surface area contributed by atoms with E-state index in [-0.39, 0.29) is 5.91 Å². The molecule has 0 aliphatic heterocycles. The van der Waals surface area contributed by atoms with Crippen molar-refractivity contribution in [1.82, 2.24) is 15.0 Å². The van der Waals surface area contributed by atoms with Gasteiger partial charge in [0.1, 0.15) is 9.71 Å². The maximum atomic E-state index is 13.2. The number of aryl methyl sites for hydroxylation is 1. The highest BCUT2D eigenvalue weighted by molar-refractivity contribution is 7.21. The van der Waals surface area contributed by atoms with Crippen molar-refractivity contribution in [2.45, 2.75) is 20.5 Å². The normalized spacial score (nSPS) is 11.3. The van der Waals surface area contributed by atoms with Crippen LogP contribution < -0.4 is 14.9 Å². The molecule has 4 aromatic rings. The molecule has 9 heteroatoms. The van der Waals surface area contributed by atoms with Gasteiger partial charge in [-0.25, -0.2) is 10.4 Å². The van der Waals surface area contributed by atoms with Crippen molar-refractivity contribution >= 4 is 33.7 Å². The van der Waals surface area contributed by atoms with E-state index in [0.717, 1.165) is 32.7 Å². The van der Waals surface area contributed by atoms with E-state index in [0.29, 0.717) is 29.6 Å². The predicted octanol–water partition coefficient (Wildman–Crippen LogP) is 4.71. The van der Waals surface area contributed by atoms with E-state index in [2.05, 4.69) is 15.5 Å². The first-order valence-electron chi connectivity index (χ1n) is 10.7. The highest BCUT2D eigenvalue weighted by Crippen LogP contribution is 2.36. The summed E-state index contributed by atoms with van der Waals surface area (Å²) in [6, 6.07) is 11.3. The van der Waals surface area contributed by atoms with Crippen molar-refractivity contribution in [3.8, 4) is 17.2 Å². The van der Waals surface area contributed by atoms with Gasteiger partial charge >= 0.3 is 0 Å². The first-order valence-corrected chi connectivity index (χ1v) is 11.6. The number of hydrazone groups is 1. The largest absolute Gasteiger partial charge is 0.493 e. The average Bonchev–Trinajstić information content (AvgIpc) is 3.47. The molecular formula is C25H26N4O4S. The zero-order valence-electron chi connectivity index (χ0n) is 19.5. The zero-order valence-corrected chi connectivity index (χ0v) is 20.3. The summed E-state index contributed by atoms with van der Waals surface area (Å²) in [7, 11) is 3.25. The topological polar surface area (TPSA) is 87.0 Å². The molecule has 0 bridgehead atoms. The Kier molecular flexibility index (Phi) is 7.24. The number of hydrogen-bond acceptors (Lipinski definition) is 7. The second-order valence-electron chi connectivity index (χ2n) is 7.45. The molecule has 1 aromatic carbocycles. The first-order chi connectivity index (χ1) is 16.5. The summed E-state index contributed by atoms with van der Waals surface area (Å²) < 4.78 is 18.3. The quantitative estimate of drug-likeness (QED) is 0.278. The van der Waals surface area contributed by atoms with E-state index in [1.165, 1.54) is 11.3 Å². The lowest BCUT2D eigenvalue weighted by molar-refractivity contribution is 0.0959. The summed E-state index contributed by atoms with van der Waals surface area (Å²) in [6.45, 7) is 4.77. The molecule has 0 saturated carbocycles. The van der Waals surface area contributed by atoms with Crippen LogP contribution in [0.1, 0.15) is 33.4 Å². The van der Waals surface area contributed by atoms with E-state index in [9.17, 15) is 4.79 Å². The van der Waals surface area contributed by atoms with Gasteiger partial charge in [-0.3, -0.25) is 4.79 Å². The number of fused-ring (bicyclic) bond motifs is 1. The Hall–Kier alpha value is -3.69. The standard InChI is InChI=1S/C25H26N4O4S/c1-5-33-20-13-17(8-9-19(20)32-4)14-26-28-24(30)23-22(29-10-6-7-11-29)21-18(15-31-3)12-16(2)27-25(21)34-23/h6-14H,5,15H2,1-4H3,(H,28,30)/b26-14-. The van der Waals surface area contributed by atoms with Crippen LogP contribution in [0.5, 0.6) is 11.5 Å². The zero-order chi connectivity index (χ0) is 24.1. The molecule has 0 radical (unpaired) electrons. The third-order valence-corrected chi connectivity index (χ3v) is 6.15. The Morgan fingerprint density at radius 1 is 1.21 bits per heavy atom. The van der Waals surface area contributed by atoms with Gasteiger partial charge in [-0.2, -0.15) is 5.10 Å². The summed E-state index contributed by atoms with van der Waals surface area (Å²) in [6.07, 6.45) is 5.39. The fourth-order valence-electron chi connectivity index (χ4n) is 3.71. The van der Waals surface area contributed by atoms with Crippen molar-refractivity contribution in [3.63, 3.8) is 0 Å². The van der Waals surface area contributed by atoms with Gasteiger partial charge in [-0.15, -0.1) is 11.3 Å². The number of nitrogens with zero attached hydrogens (tertiary/aromatic N) is 3. The van der Waals surface area contributed by atoms with Gasteiger partial charge < -0.3 is 18.8 Å². The van der Waals surface area contributed by atoms with Crippen LogP contribution in [-0.2, 0) is 11.3 Å². The van der Waals surface area contributed by atoms with Gasteiger partial charge in [0.05, 0.1) is 32.2 Å². The van der Waals surface area contributed by atoms with E-state index < -0.39 is 0 Å². The van der Waals surface area contributed by atoms with Crippen molar-refractivity contribution in [1.29, 1.82) is 0 Å². The lowest BCUT2D eigenvalue weighted by atomic mass is 10.1. The molecule has 0 fully saturated rings. The van der Waals surface area contributed by atoms with Gasteiger partial charge in [0.15, 0.2) is 11.5 Å². The number of methoxy groups -OCH3 is 2. The fourth-order valence-corrected chi connectivity index (χ4v) is 4.86. The molecule has 0 spiro atoms. The summed E-state index contributed by atoms with van der Waals surface area (Å²) >= 11 is 1.33. The summed E-state index contributed by atoms with van der Waals surface area (Å²) in [5.41, 5.74) is 6.04. The Bertz CT molecular complexity index is 1330. The lowest BCUT2D eigenvalue weighted by Gasteiger charge is -2.10. The van der Waals surface area contributed by atoms with Crippen LogP contribution in [0.15, 0.2) is 53.9 Å². The number of carbonyl (C=O) groups excluding carboxylic acids is 1. The number of pyridine rings is 1. The van der Waals surface area contributed by atoms with Crippen LogP contribution in [0.25, 0.3) is 15.9 Å². The third-order valence-electron chi connectivity index (χ3n) is 5.08. The number of amides is 1. The molecule has 8 nitrogen and oxygen atoms in total. The SMILES string of the molecule is CCOc1cc(/C=N\NC(=O)c2sc3nc(C)cc(COC)c3c2-n2cccc2)ccc1OC. The van der Waals surface area contributed by atoms with Gasteiger partial charge in [-0.05, 0) is 61.4 Å². The Balaban J connectivity index is 1.67. The van der Waals surface area contributed by atoms with E-state index in [1.807, 2.05) is 61.1 Å². The molecule has 0 saturated heterocycles. The predicted molar refractivity (Wildman–Crippen MR) is 134 cm³/mol.